The molecule has 0 atom stereocenters. The van der Waals surface area contributed by atoms with Crippen LogP contribution in [0.3, 0.4) is 0 Å². The van der Waals surface area contributed by atoms with Crippen molar-refractivity contribution in [3.05, 3.63) is 35.9 Å². The van der Waals surface area contributed by atoms with Crippen molar-refractivity contribution in [2.75, 3.05) is 26.2 Å². The summed E-state index contributed by atoms with van der Waals surface area (Å²) >= 11 is 0. The van der Waals surface area contributed by atoms with Crippen molar-refractivity contribution in [2.24, 2.45) is 5.92 Å². The van der Waals surface area contributed by atoms with Crippen LogP contribution in [-0.2, 0) is 20.6 Å². The average molecular weight is 393 g/mol. The summed E-state index contributed by atoms with van der Waals surface area (Å²) in [4.78, 5) is 14.3. The summed E-state index contributed by atoms with van der Waals surface area (Å²) < 4.78 is 26.7. The molecule has 0 N–H and O–H groups in total. The van der Waals surface area contributed by atoms with Gasteiger partial charge in [0.25, 0.3) is 0 Å². The summed E-state index contributed by atoms with van der Waals surface area (Å²) in [6.45, 7) is 1.83. The second-order valence-corrected chi connectivity index (χ2v) is 9.89. The van der Waals surface area contributed by atoms with Crippen molar-refractivity contribution in [1.29, 1.82) is 0 Å². The highest BCUT2D eigenvalue weighted by atomic mass is 32.2. The lowest BCUT2D eigenvalue weighted by molar-refractivity contribution is -0.132. The van der Waals surface area contributed by atoms with E-state index in [1.165, 1.54) is 36.4 Å². The first-order valence-corrected chi connectivity index (χ1v) is 11.9. The van der Waals surface area contributed by atoms with Crippen LogP contribution in [0.4, 0.5) is 0 Å². The van der Waals surface area contributed by atoms with Crippen LogP contribution in [0.2, 0.25) is 0 Å². The summed E-state index contributed by atoms with van der Waals surface area (Å²) in [7, 11) is -3.32. The third-order valence-electron chi connectivity index (χ3n) is 5.90. The molecule has 0 spiro atoms. The Balaban J connectivity index is 1.40. The number of amides is 1. The molecule has 0 radical (unpaired) electrons. The third-order valence-corrected chi connectivity index (χ3v) is 7.75. The Kier molecular flexibility index (Phi) is 7.30. The number of rotatable bonds is 7. The minimum Gasteiger partial charge on any atom is -0.340 e. The maximum absolute atomic E-state index is 12.6. The third kappa shape index (κ3) is 6.04. The molecule has 2 fully saturated rings. The molecule has 1 aliphatic heterocycles. The number of carbonyl (C=O) groups is 1. The van der Waals surface area contributed by atoms with E-state index in [-0.39, 0.29) is 11.7 Å². The average Bonchev–Trinajstić information content (AvgIpc) is 2.69. The second kappa shape index (κ2) is 9.69. The van der Waals surface area contributed by atoms with Gasteiger partial charge in [0.05, 0.1) is 5.75 Å². The van der Waals surface area contributed by atoms with Crippen LogP contribution in [0, 0.1) is 5.92 Å². The Bertz CT molecular complexity index is 691. The van der Waals surface area contributed by atoms with Gasteiger partial charge in [-0.2, -0.15) is 4.31 Å². The van der Waals surface area contributed by atoms with Crippen LogP contribution in [0.25, 0.3) is 0 Å². The highest BCUT2D eigenvalue weighted by Gasteiger charge is 2.28. The number of hydrogen-bond acceptors (Lipinski definition) is 3. The van der Waals surface area contributed by atoms with Crippen molar-refractivity contribution in [1.82, 2.24) is 9.21 Å². The Labute approximate surface area is 163 Å². The van der Waals surface area contributed by atoms with Gasteiger partial charge in [-0.1, -0.05) is 62.4 Å². The summed E-state index contributed by atoms with van der Waals surface area (Å²) in [5.74, 6) is 1.03. The van der Waals surface area contributed by atoms with Crippen LogP contribution in [0.15, 0.2) is 30.3 Å². The quantitative estimate of drug-likeness (QED) is 0.714. The number of benzene rings is 1. The van der Waals surface area contributed by atoms with Crippen molar-refractivity contribution in [3.8, 4) is 0 Å². The van der Waals surface area contributed by atoms with Crippen LogP contribution in [0.5, 0.6) is 0 Å². The lowest BCUT2D eigenvalue weighted by Gasteiger charge is -2.34. The topological polar surface area (TPSA) is 57.7 Å². The lowest BCUT2D eigenvalue weighted by Crippen LogP contribution is -2.50. The first-order valence-electron chi connectivity index (χ1n) is 10.3. The van der Waals surface area contributed by atoms with Crippen molar-refractivity contribution in [3.63, 3.8) is 0 Å². The molecule has 1 amide bonds. The fraction of sp³-hybridized carbons (Fsp3) is 0.667. The maximum atomic E-state index is 12.6. The molecule has 2 aliphatic rings. The number of carbonyl (C=O) groups excluding carboxylic acids is 1. The van der Waals surface area contributed by atoms with E-state index in [1.807, 2.05) is 35.2 Å². The van der Waals surface area contributed by atoms with Gasteiger partial charge in [0, 0.05) is 32.6 Å². The number of sulfonamides is 1. The highest BCUT2D eigenvalue weighted by molar-refractivity contribution is 7.88. The molecule has 3 rings (SSSR count). The standard InChI is InChI=1S/C21H32N2O3S/c24-21(13-7-12-19-8-3-1-4-9-19)22-14-16-23(17-15-22)27(25,26)18-20-10-5-2-6-11-20/h2,5-6,10-11,19H,1,3-4,7-9,12-18H2. The summed E-state index contributed by atoms with van der Waals surface area (Å²) in [5.41, 5.74) is 0.804. The van der Waals surface area contributed by atoms with Crippen LogP contribution in [-0.4, -0.2) is 49.7 Å². The Morgan fingerprint density at radius 1 is 0.963 bits per heavy atom. The van der Waals surface area contributed by atoms with Crippen molar-refractivity contribution < 1.29 is 13.2 Å². The molecule has 0 bridgehead atoms. The Morgan fingerprint density at radius 3 is 2.30 bits per heavy atom. The predicted octanol–water partition coefficient (Wildman–Crippen LogP) is 3.41. The molecule has 1 aromatic rings. The fourth-order valence-corrected chi connectivity index (χ4v) is 5.78. The first kappa shape index (κ1) is 20.3. The smallest absolute Gasteiger partial charge is 0.222 e. The first-order chi connectivity index (χ1) is 13.0. The van der Waals surface area contributed by atoms with Crippen LogP contribution < -0.4 is 0 Å². The van der Waals surface area contributed by atoms with E-state index in [9.17, 15) is 13.2 Å². The van der Waals surface area contributed by atoms with E-state index in [0.717, 1.165) is 24.3 Å². The van der Waals surface area contributed by atoms with Crippen molar-refractivity contribution >= 4 is 15.9 Å². The van der Waals surface area contributed by atoms with E-state index >= 15 is 0 Å². The largest absolute Gasteiger partial charge is 0.340 e. The molecule has 150 valence electrons. The Hall–Kier alpha value is -1.40. The van der Waals surface area contributed by atoms with Crippen LogP contribution in [0.1, 0.15) is 56.9 Å². The summed E-state index contributed by atoms with van der Waals surface area (Å²) in [5, 5.41) is 0. The van der Waals surface area contributed by atoms with E-state index in [4.69, 9.17) is 0 Å². The molecular weight excluding hydrogens is 360 g/mol. The molecule has 1 aromatic carbocycles. The molecule has 6 heteroatoms. The SMILES string of the molecule is O=C(CCCC1CCCCC1)N1CCN(S(=O)(=O)Cc2ccccc2)CC1. The lowest BCUT2D eigenvalue weighted by atomic mass is 9.86. The zero-order valence-corrected chi connectivity index (χ0v) is 17.0. The van der Waals surface area contributed by atoms with Gasteiger partial charge in [-0.15, -0.1) is 0 Å². The van der Waals surface area contributed by atoms with Gasteiger partial charge in [-0.25, -0.2) is 8.42 Å². The van der Waals surface area contributed by atoms with Crippen LogP contribution >= 0.6 is 0 Å². The number of piperazine rings is 1. The highest BCUT2D eigenvalue weighted by Crippen LogP contribution is 2.27. The van der Waals surface area contributed by atoms with Gasteiger partial charge < -0.3 is 4.90 Å². The molecule has 27 heavy (non-hydrogen) atoms. The zero-order chi connectivity index (χ0) is 19.1. The normalized spacial score (nSPS) is 19.9. The van der Waals surface area contributed by atoms with E-state index in [0.29, 0.717) is 32.6 Å². The minimum absolute atomic E-state index is 0.0309. The van der Waals surface area contributed by atoms with Gasteiger partial charge in [-0.3, -0.25) is 4.79 Å². The monoisotopic (exact) mass is 392 g/mol. The molecule has 1 heterocycles. The van der Waals surface area contributed by atoms with Gasteiger partial charge >= 0.3 is 0 Å². The fourth-order valence-electron chi connectivity index (χ4n) is 4.27. The minimum atomic E-state index is -3.32. The molecule has 1 aliphatic carbocycles. The van der Waals surface area contributed by atoms with E-state index in [2.05, 4.69) is 0 Å². The number of hydrogen-bond donors (Lipinski definition) is 0. The molecule has 0 aromatic heterocycles. The molecule has 1 saturated carbocycles. The van der Waals surface area contributed by atoms with Gasteiger partial charge in [0.1, 0.15) is 0 Å². The zero-order valence-electron chi connectivity index (χ0n) is 16.2. The van der Waals surface area contributed by atoms with Gasteiger partial charge in [0.2, 0.25) is 15.9 Å². The van der Waals surface area contributed by atoms with E-state index in [1.54, 1.807) is 0 Å². The summed E-state index contributed by atoms with van der Waals surface area (Å²) in [6, 6.07) is 9.27. The molecule has 1 saturated heterocycles. The number of nitrogens with zero attached hydrogens (tertiary/aromatic N) is 2. The second-order valence-electron chi connectivity index (χ2n) is 7.92. The van der Waals surface area contributed by atoms with Crippen molar-refractivity contribution in [2.45, 2.75) is 57.1 Å². The predicted molar refractivity (Wildman–Crippen MR) is 108 cm³/mol. The summed E-state index contributed by atoms with van der Waals surface area (Å²) in [6.07, 6.45) is 9.45. The molecule has 0 unspecified atom stereocenters. The van der Waals surface area contributed by atoms with Gasteiger partial charge in [-0.05, 0) is 24.3 Å². The molecular formula is C21H32N2O3S. The maximum Gasteiger partial charge on any atom is 0.222 e. The Morgan fingerprint density at radius 2 is 1.63 bits per heavy atom. The van der Waals surface area contributed by atoms with Gasteiger partial charge in [0.15, 0.2) is 0 Å². The van der Waals surface area contributed by atoms with E-state index < -0.39 is 10.0 Å². The molecule has 5 nitrogen and oxygen atoms in total.